The van der Waals surface area contributed by atoms with Crippen LogP contribution in [0.4, 0.5) is 0 Å². The predicted octanol–water partition coefficient (Wildman–Crippen LogP) is 2.34. The molecule has 0 radical (unpaired) electrons. The van der Waals surface area contributed by atoms with Crippen molar-refractivity contribution in [3.05, 3.63) is 28.2 Å². The summed E-state index contributed by atoms with van der Waals surface area (Å²) < 4.78 is 25.9. The summed E-state index contributed by atoms with van der Waals surface area (Å²) in [5, 5.41) is 0.220. The number of nitrogens with zero attached hydrogens (tertiary/aromatic N) is 1. The summed E-state index contributed by atoms with van der Waals surface area (Å²) in [6.45, 7) is -0.476. The Hall–Kier alpha value is -1.35. The van der Waals surface area contributed by atoms with Gasteiger partial charge in [0.25, 0.3) is 5.91 Å². The number of carbonyl (C=O) groups is 2. The van der Waals surface area contributed by atoms with Crippen molar-refractivity contribution < 1.29 is 18.0 Å². The molecule has 0 aliphatic heterocycles. The van der Waals surface area contributed by atoms with Gasteiger partial charge in [0.1, 0.15) is 4.90 Å². The molecule has 2 N–H and O–H groups in total. The lowest BCUT2D eigenvalue weighted by molar-refractivity contribution is -0.131. The van der Waals surface area contributed by atoms with Gasteiger partial charge in [0.15, 0.2) is 0 Å². The molecule has 1 fully saturated rings. The van der Waals surface area contributed by atoms with Gasteiger partial charge in [-0.3, -0.25) is 20.4 Å². The van der Waals surface area contributed by atoms with E-state index in [0.29, 0.717) is 0 Å². The van der Waals surface area contributed by atoms with Gasteiger partial charge in [0, 0.05) is 18.0 Å². The fourth-order valence-electron chi connectivity index (χ4n) is 2.77. The lowest BCUT2D eigenvalue weighted by Crippen LogP contribution is -2.48. The maximum atomic E-state index is 12.5. The summed E-state index contributed by atoms with van der Waals surface area (Å²) in [6, 6.07) is 4.06. The number of hydrogen-bond acceptors (Lipinski definition) is 4. The molecule has 26 heavy (non-hydrogen) atoms. The topological polar surface area (TPSA) is 95.6 Å². The summed E-state index contributed by atoms with van der Waals surface area (Å²) in [5.41, 5.74) is 4.62. The SMILES string of the molecule is CN(CC(=O)NNC(=O)C1CCCCC1)S(=O)(=O)c1cc(Cl)ccc1Cl. The minimum Gasteiger partial charge on any atom is -0.273 e. The monoisotopic (exact) mass is 421 g/mol. The average Bonchev–Trinajstić information content (AvgIpc) is 2.62. The van der Waals surface area contributed by atoms with Gasteiger partial charge in [0.05, 0.1) is 11.6 Å². The van der Waals surface area contributed by atoms with E-state index in [1.165, 1.54) is 25.2 Å². The zero-order valence-electron chi connectivity index (χ0n) is 14.3. The Morgan fingerprint density at radius 2 is 1.81 bits per heavy atom. The number of carbonyl (C=O) groups excluding carboxylic acids is 2. The van der Waals surface area contributed by atoms with Crippen molar-refractivity contribution in [1.82, 2.24) is 15.2 Å². The number of halogens is 2. The maximum Gasteiger partial charge on any atom is 0.253 e. The molecule has 0 bridgehead atoms. The Balaban J connectivity index is 1.93. The molecule has 2 rings (SSSR count). The van der Waals surface area contributed by atoms with E-state index in [9.17, 15) is 18.0 Å². The molecule has 1 saturated carbocycles. The van der Waals surface area contributed by atoms with Crippen molar-refractivity contribution in [3.8, 4) is 0 Å². The van der Waals surface area contributed by atoms with Crippen molar-refractivity contribution in [2.45, 2.75) is 37.0 Å². The second-order valence-corrected chi connectivity index (χ2v) is 9.07. The van der Waals surface area contributed by atoms with Crippen LogP contribution in [0.2, 0.25) is 10.0 Å². The number of amides is 2. The summed E-state index contributed by atoms with van der Waals surface area (Å²) in [4.78, 5) is 23.8. The Kier molecular flexibility index (Phi) is 7.28. The summed E-state index contributed by atoms with van der Waals surface area (Å²) >= 11 is 11.8. The number of benzene rings is 1. The zero-order chi connectivity index (χ0) is 19.3. The van der Waals surface area contributed by atoms with E-state index in [-0.39, 0.29) is 26.8 Å². The van der Waals surface area contributed by atoms with E-state index in [1.54, 1.807) is 0 Å². The Morgan fingerprint density at radius 3 is 2.46 bits per heavy atom. The van der Waals surface area contributed by atoms with Crippen LogP contribution in [0, 0.1) is 5.92 Å². The highest BCUT2D eigenvalue weighted by Gasteiger charge is 2.26. The standard InChI is InChI=1S/C16H21Cl2N3O4S/c1-21(26(24,25)14-9-12(17)7-8-13(14)18)10-15(22)19-20-16(23)11-5-3-2-4-6-11/h7-9,11H,2-6,10H2,1H3,(H,19,22)(H,20,23). The van der Waals surface area contributed by atoms with Gasteiger partial charge in [-0.2, -0.15) is 4.31 Å². The third-order valence-corrected chi connectivity index (χ3v) is 6.77. The quantitative estimate of drug-likeness (QED) is 0.713. The highest BCUT2D eigenvalue weighted by atomic mass is 35.5. The molecule has 0 aromatic heterocycles. The van der Waals surface area contributed by atoms with Crippen molar-refractivity contribution in [1.29, 1.82) is 0 Å². The normalized spacial score (nSPS) is 15.7. The lowest BCUT2D eigenvalue weighted by Gasteiger charge is -2.21. The van der Waals surface area contributed by atoms with E-state index in [0.717, 1.165) is 36.4 Å². The number of hydrogen-bond donors (Lipinski definition) is 2. The molecule has 7 nitrogen and oxygen atoms in total. The first-order valence-electron chi connectivity index (χ1n) is 8.22. The number of hydrazine groups is 1. The van der Waals surface area contributed by atoms with Gasteiger partial charge in [-0.15, -0.1) is 0 Å². The van der Waals surface area contributed by atoms with Gasteiger partial charge in [0.2, 0.25) is 15.9 Å². The molecule has 0 saturated heterocycles. The van der Waals surface area contributed by atoms with Crippen molar-refractivity contribution in [3.63, 3.8) is 0 Å². The molecule has 0 unspecified atom stereocenters. The molecule has 1 aliphatic carbocycles. The predicted molar refractivity (Wildman–Crippen MR) is 99.1 cm³/mol. The molecule has 1 aromatic carbocycles. The Morgan fingerprint density at radius 1 is 1.15 bits per heavy atom. The highest BCUT2D eigenvalue weighted by Crippen LogP contribution is 2.27. The molecule has 2 amide bonds. The zero-order valence-corrected chi connectivity index (χ0v) is 16.6. The average molecular weight is 422 g/mol. The first-order chi connectivity index (χ1) is 12.2. The largest absolute Gasteiger partial charge is 0.273 e. The number of rotatable bonds is 5. The van der Waals surface area contributed by atoms with Gasteiger partial charge in [-0.1, -0.05) is 42.5 Å². The number of nitrogens with one attached hydrogen (secondary N) is 2. The van der Waals surface area contributed by atoms with Gasteiger partial charge >= 0.3 is 0 Å². The van der Waals surface area contributed by atoms with E-state index < -0.39 is 22.5 Å². The molecule has 0 spiro atoms. The Labute approximate surface area is 163 Å². The Bertz CT molecular complexity index is 780. The van der Waals surface area contributed by atoms with Gasteiger partial charge in [-0.25, -0.2) is 8.42 Å². The minimum atomic E-state index is -4.00. The van der Waals surface area contributed by atoms with Crippen LogP contribution in [0.3, 0.4) is 0 Å². The fraction of sp³-hybridized carbons (Fsp3) is 0.500. The first-order valence-corrected chi connectivity index (χ1v) is 10.4. The second kappa shape index (κ2) is 9.03. The van der Waals surface area contributed by atoms with E-state index in [1.807, 2.05) is 0 Å². The summed E-state index contributed by atoms with van der Waals surface area (Å²) in [7, 11) is -2.76. The second-order valence-electron chi connectivity index (χ2n) is 6.21. The maximum absolute atomic E-state index is 12.5. The van der Waals surface area contributed by atoms with Crippen LogP contribution in [-0.2, 0) is 19.6 Å². The van der Waals surface area contributed by atoms with Crippen LogP contribution in [0.1, 0.15) is 32.1 Å². The number of likely N-dealkylation sites (N-methyl/N-ethyl adjacent to an activating group) is 1. The van der Waals surface area contributed by atoms with Crippen LogP contribution >= 0.6 is 23.2 Å². The van der Waals surface area contributed by atoms with Crippen LogP contribution < -0.4 is 10.9 Å². The van der Waals surface area contributed by atoms with E-state index in [4.69, 9.17) is 23.2 Å². The molecule has 0 atom stereocenters. The van der Waals surface area contributed by atoms with Crippen LogP contribution in [-0.4, -0.2) is 38.1 Å². The molecular weight excluding hydrogens is 401 g/mol. The third kappa shape index (κ3) is 5.33. The molecule has 1 aliphatic rings. The van der Waals surface area contributed by atoms with Crippen molar-refractivity contribution >= 4 is 45.0 Å². The lowest BCUT2D eigenvalue weighted by atomic mass is 9.89. The van der Waals surface area contributed by atoms with Crippen molar-refractivity contribution in [2.24, 2.45) is 5.92 Å². The summed E-state index contributed by atoms with van der Waals surface area (Å²) in [5.74, 6) is -1.02. The van der Waals surface area contributed by atoms with Crippen LogP contribution in [0.25, 0.3) is 0 Å². The van der Waals surface area contributed by atoms with Crippen LogP contribution in [0.15, 0.2) is 23.1 Å². The molecular formula is C16H21Cl2N3O4S. The molecule has 1 aromatic rings. The third-order valence-electron chi connectivity index (χ3n) is 4.25. The van der Waals surface area contributed by atoms with E-state index in [2.05, 4.69) is 10.9 Å². The first kappa shape index (κ1) is 21.0. The smallest absolute Gasteiger partial charge is 0.253 e. The van der Waals surface area contributed by atoms with Crippen molar-refractivity contribution in [2.75, 3.05) is 13.6 Å². The fourth-order valence-corrected chi connectivity index (χ4v) is 4.63. The molecule has 144 valence electrons. The minimum absolute atomic E-state index is 0.00672. The van der Waals surface area contributed by atoms with Gasteiger partial charge < -0.3 is 0 Å². The van der Waals surface area contributed by atoms with Crippen LogP contribution in [0.5, 0.6) is 0 Å². The number of sulfonamides is 1. The van der Waals surface area contributed by atoms with Gasteiger partial charge in [-0.05, 0) is 31.0 Å². The molecule has 10 heteroatoms. The van der Waals surface area contributed by atoms with E-state index >= 15 is 0 Å². The summed E-state index contributed by atoms with van der Waals surface area (Å²) in [6.07, 6.45) is 4.69. The molecule has 0 heterocycles. The highest BCUT2D eigenvalue weighted by molar-refractivity contribution is 7.89.